The van der Waals surface area contributed by atoms with Gasteiger partial charge in [-0.05, 0) is 36.6 Å². The van der Waals surface area contributed by atoms with Gasteiger partial charge in [0.25, 0.3) is 0 Å². The van der Waals surface area contributed by atoms with Gasteiger partial charge >= 0.3 is 0 Å². The maximum atomic E-state index is 14.0. The largest absolute Gasteiger partial charge is 0.309 e. The third kappa shape index (κ3) is 2.17. The molecule has 25 heavy (non-hydrogen) atoms. The molecule has 0 N–H and O–H groups in total. The zero-order valence-corrected chi connectivity index (χ0v) is 13.7. The molecule has 2 aliphatic rings. The van der Waals surface area contributed by atoms with E-state index < -0.39 is 0 Å². The summed E-state index contributed by atoms with van der Waals surface area (Å²) in [6.45, 7) is 0.916. The molecule has 3 nitrogen and oxygen atoms in total. The summed E-state index contributed by atoms with van der Waals surface area (Å²) in [4.78, 5) is 11.2. The van der Waals surface area contributed by atoms with Crippen LogP contribution in [-0.2, 0) is 5.41 Å². The molecule has 1 aromatic heterocycles. The van der Waals surface area contributed by atoms with E-state index in [4.69, 9.17) is 0 Å². The lowest BCUT2D eigenvalue weighted by Gasteiger charge is -2.38. The topological polar surface area (TPSA) is 29.0 Å². The van der Waals surface area contributed by atoms with Crippen LogP contribution in [0.5, 0.6) is 0 Å². The van der Waals surface area contributed by atoms with Crippen molar-refractivity contribution in [3.8, 4) is 11.1 Å². The number of rotatable bonds is 2. The van der Waals surface area contributed by atoms with Gasteiger partial charge in [-0.1, -0.05) is 36.8 Å². The first-order chi connectivity index (χ1) is 12.3. The van der Waals surface area contributed by atoms with Crippen LogP contribution in [0, 0.1) is 11.9 Å². The highest BCUT2D eigenvalue weighted by atomic mass is 19.1. The van der Waals surface area contributed by atoms with Gasteiger partial charge in [-0.2, -0.15) is 0 Å². The fourth-order valence-electron chi connectivity index (χ4n) is 4.07. The van der Waals surface area contributed by atoms with Crippen molar-refractivity contribution in [1.29, 1.82) is 0 Å². The van der Waals surface area contributed by atoms with Crippen molar-refractivity contribution in [2.24, 2.45) is 0 Å². The smallest absolute Gasteiger partial charge is 0.229 e. The van der Waals surface area contributed by atoms with Crippen LogP contribution in [0.4, 0.5) is 16.0 Å². The minimum Gasteiger partial charge on any atom is -0.309 e. The third-order valence-electron chi connectivity index (χ3n) is 5.54. The van der Waals surface area contributed by atoms with Gasteiger partial charge in [0.15, 0.2) is 0 Å². The average molecular weight is 330 g/mol. The molecule has 2 heterocycles. The average Bonchev–Trinajstić information content (AvgIpc) is 2.98. The number of anilines is 2. The molecule has 3 aromatic rings. The quantitative estimate of drug-likeness (QED) is 0.684. The maximum absolute atomic E-state index is 14.0. The Balaban J connectivity index is 1.52. The Labute approximate surface area is 146 Å². The van der Waals surface area contributed by atoms with E-state index in [-0.39, 0.29) is 11.2 Å². The van der Waals surface area contributed by atoms with Gasteiger partial charge in [0.2, 0.25) is 5.95 Å². The van der Waals surface area contributed by atoms with E-state index in [0.717, 1.165) is 12.2 Å². The van der Waals surface area contributed by atoms with E-state index in [0.29, 0.717) is 17.1 Å². The van der Waals surface area contributed by atoms with Gasteiger partial charge in [-0.25, -0.2) is 14.4 Å². The van der Waals surface area contributed by atoms with Crippen LogP contribution in [0.25, 0.3) is 11.1 Å². The van der Waals surface area contributed by atoms with Crippen LogP contribution in [0.1, 0.15) is 24.8 Å². The van der Waals surface area contributed by atoms with Crippen LogP contribution in [0.2, 0.25) is 0 Å². The van der Waals surface area contributed by atoms with Gasteiger partial charge in [0.05, 0.1) is 0 Å². The summed E-state index contributed by atoms with van der Waals surface area (Å²) in [5.41, 5.74) is 4.01. The van der Waals surface area contributed by atoms with Gasteiger partial charge in [-0.15, -0.1) is 0 Å². The standard InChI is InChI=1S/C21H17FN3/c22-18-8-3-1-6-16(18)15-12-23-20(24-13-15)25-14-21(10-5-11-21)17-7-2-4-9-19(17)25/h1-3,6-9,12-13H,5,10-11,14H2. The molecule has 1 aliphatic carbocycles. The zero-order valence-electron chi connectivity index (χ0n) is 13.7. The first kappa shape index (κ1) is 14.6. The fraction of sp³-hybridized carbons (Fsp3) is 0.238. The molecule has 0 unspecified atom stereocenters. The molecule has 5 rings (SSSR count). The van der Waals surface area contributed by atoms with Gasteiger partial charge in [0.1, 0.15) is 5.82 Å². The normalized spacial score (nSPS) is 17.4. The number of aromatic nitrogens is 2. The first-order valence-corrected chi connectivity index (χ1v) is 8.62. The predicted molar refractivity (Wildman–Crippen MR) is 95.2 cm³/mol. The van der Waals surface area contributed by atoms with Crippen molar-refractivity contribution in [3.63, 3.8) is 0 Å². The predicted octanol–water partition coefficient (Wildman–Crippen LogP) is 4.66. The SMILES string of the molecule is Fc1ccccc1-c1cnc(N2CC3(CCC3)c3cc[c]cc32)nc1. The first-order valence-electron chi connectivity index (χ1n) is 8.62. The molecule has 0 bridgehead atoms. The molecule has 0 saturated heterocycles. The second-order valence-electron chi connectivity index (χ2n) is 6.91. The zero-order chi connectivity index (χ0) is 16.9. The van der Waals surface area contributed by atoms with E-state index >= 15 is 0 Å². The van der Waals surface area contributed by atoms with Crippen molar-refractivity contribution in [2.45, 2.75) is 24.7 Å². The second kappa shape index (κ2) is 5.38. The molecule has 1 radical (unpaired) electrons. The van der Waals surface area contributed by atoms with E-state index in [1.54, 1.807) is 24.5 Å². The summed E-state index contributed by atoms with van der Waals surface area (Å²) in [5.74, 6) is 0.415. The minimum absolute atomic E-state index is 0.248. The highest BCUT2D eigenvalue weighted by Crippen LogP contribution is 2.53. The Morgan fingerprint density at radius 1 is 1.08 bits per heavy atom. The Hall–Kier alpha value is -2.75. The van der Waals surface area contributed by atoms with E-state index in [9.17, 15) is 4.39 Å². The molecule has 4 heteroatoms. The highest BCUT2D eigenvalue weighted by Gasteiger charge is 2.47. The molecule has 1 fully saturated rings. The molecule has 2 aromatic carbocycles. The molecular formula is C21H17FN3. The molecule has 123 valence electrons. The Kier molecular flexibility index (Phi) is 3.14. The number of hydrogen-bond donors (Lipinski definition) is 0. The minimum atomic E-state index is -0.256. The summed E-state index contributed by atoms with van der Waals surface area (Å²) < 4.78 is 14.0. The molecule has 1 spiro atoms. The lowest BCUT2D eigenvalue weighted by molar-refractivity contribution is 0.266. The summed E-state index contributed by atoms with van der Waals surface area (Å²) in [5, 5.41) is 0. The third-order valence-corrected chi connectivity index (χ3v) is 5.54. The van der Waals surface area contributed by atoms with E-state index in [1.807, 2.05) is 18.2 Å². The number of nitrogens with zero attached hydrogens (tertiary/aromatic N) is 3. The lowest BCUT2D eigenvalue weighted by atomic mass is 9.66. The van der Waals surface area contributed by atoms with Crippen molar-refractivity contribution in [2.75, 3.05) is 11.4 Å². The molecule has 1 aliphatic heterocycles. The van der Waals surface area contributed by atoms with Crippen molar-refractivity contribution in [1.82, 2.24) is 9.97 Å². The lowest BCUT2D eigenvalue weighted by Crippen LogP contribution is -2.38. The number of halogens is 1. The summed E-state index contributed by atoms with van der Waals surface area (Å²) in [7, 11) is 0. The van der Waals surface area contributed by atoms with Crippen molar-refractivity contribution >= 4 is 11.6 Å². The molecule has 0 amide bonds. The van der Waals surface area contributed by atoms with Gasteiger partial charge in [-0.3, -0.25) is 0 Å². The highest BCUT2D eigenvalue weighted by molar-refractivity contribution is 5.70. The summed E-state index contributed by atoms with van der Waals surface area (Å²) in [6.07, 6.45) is 7.12. The molecule has 1 saturated carbocycles. The summed E-state index contributed by atoms with van der Waals surface area (Å²) >= 11 is 0. The van der Waals surface area contributed by atoms with Crippen LogP contribution >= 0.6 is 0 Å². The van der Waals surface area contributed by atoms with E-state index in [2.05, 4.69) is 27.0 Å². The van der Waals surface area contributed by atoms with Gasteiger partial charge < -0.3 is 4.90 Å². The van der Waals surface area contributed by atoms with Crippen LogP contribution < -0.4 is 4.90 Å². The Morgan fingerprint density at radius 3 is 2.60 bits per heavy atom. The van der Waals surface area contributed by atoms with Gasteiger partial charge in [0, 0.05) is 41.2 Å². The Morgan fingerprint density at radius 2 is 1.88 bits per heavy atom. The number of hydrogen-bond acceptors (Lipinski definition) is 3. The van der Waals surface area contributed by atoms with Crippen LogP contribution in [-0.4, -0.2) is 16.5 Å². The number of fused-ring (bicyclic) bond motifs is 2. The monoisotopic (exact) mass is 330 g/mol. The van der Waals surface area contributed by atoms with Crippen LogP contribution in [0.3, 0.4) is 0 Å². The van der Waals surface area contributed by atoms with Crippen molar-refractivity contribution < 1.29 is 4.39 Å². The van der Waals surface area contributed by atoms with Crippen molar-refractivity contribution in [3.05, 3.63) is 72.3 Å². The maximum Gasteiger partial charge on any atom is 0.229 e. The molecular weight excluding hydrogens is 313 g/mol. The fourth-order valence-corrected chi connectivity index (χ4v) is 4.07. The summed E-state index contributed by atoms with van der Waals surface area (Å²) in [6, 6.07) is 16.1. The second-order valence-corrected chi connectivity index (χ2v) is 6.91. The number of benzene rings is 2. The molecule has 0 atom stereocenters. The van der Waals surface area contributed by atoms with Crippen LogP contribution in [0.15, 0.2) is 54.9 Å². The van der Waals surface area contributed by atoms with E-state index in [1.165, 1.54) is 30.9 Å². The Bertz CT molecular complexity index is 932.